The molecular formula is C10H12BrN3O. The number of nitrogens with two attached hydrogens (primary N) is 1. The zero-order valence-corrected chi connectivity index (χ0v) is 9.90. The molecular weight excluding hydrogens is 258 g/mol. The van der Waals surface area contributed by atoms with Crippen molar-refractivity contribution in [2.75, 3.05) is 6.61 Å². The maximum atomic E-state index is 9.00. The van der Waals surface area contributed by atoms with Gasteiger partial charge in [0.25, 0.3) is 0 Å². The molecule has 0 bridgehead atoms. The summed E-state index contributed by atoms with van der Waals surface area (Å²) in [5, 5.41) is 9.00. The monoisotopic (exact) mass is 269 g/mol. The number of aryl methyl sites for hydroxylation is 1. The van der Waals surface area contributed by atoms with E-state index in [1.165, 1.54) is 0 Å². The zero-order valence-electron chi connectivity index (χ0n) is 8.31. The molecule has 0 radical (unpaired) electrons. The summed E-state index contributed by atoms with van der Waals surface area (Å²) in [6.07, 6.45) is 1.93. The van der Waals surface area contributed by atoms with E-state index in [9.17, 15) is 0 Å². The van der Waals surface area contributed by atoms with Gasteiger partial charge in [-0.2, -0.15) is 0 Å². The molecule has 80 valence electrons. The Morgan fingerprint density at radius 2 is 2.40 bits per heavy atom. The Morgan fingerprint density at radius 1 is 1.67 bits per heavy atom. The molecule has 0 amide bonds. The van der Waals surface area contributed by atoms with E-state index in [1.54, 1.807) is 0 Å². The second-order valence-corrected chi connectivity index (χ2v) is 4.26. The van der Waals surface area contributed by atoms with Gasteiger partial charge >= 0.3 is 0 Å². The highest BCUT2D eigenvalue weighted by molar-refractivity contribution is 9.10. The Hall–Kier alpha value is -0.910. The summed E-state index contributed by atoms with van der Waals surface area (Å²) in [6, 6.07) is 3.52. The normalized spacial score (nSPS) is 13.3. The fraction of sp³-hybridized carbons (Fsp3) is 0.300. The zero-order chi connectivity index (χ0) is 11.0. The summed E-state index contributed by atoms with van der Waals surface area (Å²) in [5.41, 5.74) is 8.40. The van der Waals surface area contributed by atoms with Gasteiger partial charge in [-0.25, -0.2) is 4.98 Å². The largest absolute Gasteiger partial charge is 0.394 e. The van der Waals surface area contributed by atoms with Crippen molar-refractivity contribution >= 4 is 21.6 Å². The van der Waals surface area contributed by atoms with Crippen LogP contribution in [0.2, 0.25) is 0 Å². The first-order valence-corrected chi connectivity index (χ1v) is 5.43. The summed E-state index contributed by atoms with van der Waals surface area (Å²) in [6.45, 7) is 1.90. The van der Waals surface area contributed by atoms with E-state index in [2.05, 4.69) is 20.9 Å². The maximum absolute atomic E-state index is 9.00. The molecule has 0 saturated carbocycles. The molecule has 5 heteroatoms. The number of nitrogens with zero attached hydrogens (tertiary/aromatic N) is 2. The molecule has 2 rings (SSSR count). The molecule has 2 aromatic heterocycles. The van der Waals surface area contributed by atoms with E-state index in [-0.39, 0.29) is 6.61 Å². The van der Waals surface area contributed by atoms with Crippen molar-refractivity contribution in [3.63, 3.8) is 0 Å². The van der Waals surface area contributed by atoms with Crippen molar-refractivity contribution in [1.29, 1.82) is 0 Å². The average molecular weight is 270 g/mol. The standard InChI is InChI=1S/C10H12BrN3O/c1-6-2-3-14-8(4-6)13-9(10(14)11)7(12)5-15/h2-4,7,15H,5,12H2,1H3. The molecule has 3 N–H and O–H groups in total. The van der Waals surface area contributed by atoms with Crippen LogP contribution in [0.1, 0.15) is 17.3 Å². The lowest BCUT2D eigenvalue weighted by Gasteiger charge is -2.03. The third-order valence-electron chi connectivity index (χ3n) is 2.30. The quantitative estimate of drug-likeness (QED) is 0.867. The molecule has 0 aromatic carbocycles. The van der Waals surface area contributed by atoms with Crippen molar-refractivity contribution < 1.29 is 5.11 Å². The second-order valence-electron chi connectivity index (χ2n) is 3.51. The topological polar surface area (TPSA) is 63.5 Å². The molecule has 0 saturated heterocycles. The van der Waals surface area contributed by atoms with Crippen LogP contribution in [0.25, 0.3) is 5.65 Å². The van der Waals surface area contributed by atoms with E-state index in [0.717, 1.165) is 15.8 Å². The van der Waals surface area contributed by atoms with E-state index in [4.69, 9.17) is 10.8 Å². The van der Waals surface area contributed by atoms with Crippen LogP contribution in [0.3, 0.4) is 0 Å². The highest BCUT2D eigenvalue weighted by atomic mass is 79.9. The molecule has 0 aliphatic rings. The number of halogens is 1. The summed E-state index contributed by atoms with van der Waals surface area (Å²) in [4.78, 5) is 4.37. The molecule has 0 aliphatic heterocycles. The number of rotatable bonds is 2. The van der Waals surface area contributed by atoms with Crippen LogP contribution in [-0.4, -0.2) is 21.1 Å². The molecule has 0 aliphatic carbocycles. The van der Waals surface area contributed by atoms with Crippen molar-refractivity contribution in [2.24, 2.45) is 5.73 Å². The van der Waals surface area contributed by atoms with Crippen molar-refractivity contribution in [2.45, 2.75) is 13.0 Å². The fourth-order valence-corrected chi connectivity index (χ4v) is 2.14. The number of imidazole rings is 1. The molecule has 1 atom stereocenters. The van der Waals surface area contributed by atoms with Crippen molar-refractivity contribution in [3.05, 3.63) is 34.2 Å². The first-order chi connectivity index (χ1) is 7.13. The van der Waals surface area contributed by atoms with Crippen molar-refractivity contribution in [3.8, 4) is 0 Å². The SMILES string of the molecule is Cc1ccn2c(Br)c(C(N)CO)nc2c1. The van der Waals surface area contributed by atoms with Gasteiger partial charge in [0.2, 0.25) is 0 Å². The van der Waals surface area contributed by atoms with Crippen LogP contribution in [0.15, 0.2) is 22.9 Å². The summed E-state index contributed by atoms with van der Waals surface area (Å²) >= 11 is 3.43. The Balaban J connectivity index is 2.63. The highest BCUT2D eigenvalue weighted by Gasteiger charge is 2.15. The minimum Gasteiger partial charge on any atom is -0.394 e. The van der Waals surface area contributed by atoms with Gasteiger partial charge in [-0.15, -0.1) is 0 Å². The lowest BCUT2D eigenvalue weighted by molar-refractivity contribution is 0.266. The summed E-state index contributed by atoms with van der Waals surface area (Å²) in [7, 11) is 0. The van der Waals surface area contributed by atoms with Gasteiger partial charge in [-0.05, 0) is 40.5 Å². The Morgan fingerprint density at radius 3 is 3.07 bits per heavy atom. The Kier molecular flexibility index (Phi) is 2.77. The predicted molar refractivity (Wildman–Crippen MR) is 61.6 cm³/mol. The second kappa shape index (κ2) is 3.92. The van der Waals surface area contributed by atoms with Crippen LogP contribution >= 0.6 is 15.9 Å². The molecule has 0 fully saturated rings. The molecule has 4 nitrogen and oxygen atoms in total. The lowest BCUT2D eigenvalue weighted by atomic mass is 10.2. The lowest BCUT2D eigenvalue weighted by Crippen LogP contribution is -2.15. The van der Waals surface area contributed by atoms with E-state index < -0.39 is 6.04 Å². The summed E-state index contributed by atoms with van der Waals surface area (Å²) < 4.78 is 2.71. The average Bonchev–Trinajstić information content (AvgIpc) is 2.54. The summed E-state index contributed by atoms with van der Waals surface area (Å²) in [5.74, 6) is 0. The van der Waals surface area contributed by atoms with Crippen LogP contribution in [0.4, 0.5) is 0 Å². The number of pyridine rings is 1. The smallest absolute Gasteiger partial charge is 0.138 e. The third kappa shape index (κ3) is 1.78. The number of aliphatic hydroxyl groups is 1. The molecule has 0 spiro atoms. The predicted octanol–water partition coefficient (Wildman–Crippen LogP) is 1.40. The van der Waals surface area contributed by atoms with Gasteiger partial charge in [-0.3, -0.25) is 4.40 Å². The van der Waals surface area contributed by atoms with Gasteiger partial charge in [0.05, 0.1) is 18.3 Å². The number of fused-ring (bicyclic) bond motifs is 1. The van der Waals surface area contributed by atoms with Crippen LogP contribution in [0.5, 0.6) is 0 Å². The van der Waals surface area contributed by atoms with Gasteiger partial charge in [0, 0.05) is 6.20 Å². The first kappa shape index (κ1) is 10.6. The van der Waals surface area contributed by atoms with Gasteiger partial charge in [-0.1, -0.05) is 0 Å². The molecule has 2 aromatic rings. The molecule has 1 unspecified atom stereocenters. The van der Waals surface area contributed by atoms with E-state index in [1.807, 2.05) is 29.7 Å². The highest BCUT2D eigenvalue weighted by Crippen LogP contribution is 2.23. The van der Waals surface area contributed by atoms with Gasteiger partial charge < -0.3 is 10.8 Å². The van der Waals surface area contributed by atoms with Crippen LogP contribution in [0, 0.1) is 6.92 Å². The van der Waals surface area contributed by atoms with Gasteiger partial charge in [0.15, 0.2) is 0 Å². The Bertz CT molecular complexity index is 495. The van der Waals surface area contributed by atoms with E-state index >= 15 is 0 Å². The minimum atomic E-state index is -0.445. The van der Waals surface area contributed by atoms with Gasteiger partial charge in [0.1, 0.15) is 10.3 Å². The maximum Gasteiger partial charge on any atom is 0.138 e. The molecule has 2 heterocycles. The number of hydrogen-bond acceptors (Lipinski definition) is 3. The number of hydrogen-bond donors (Lipinski definition) is 2. The first-order valence-electron chi connectivity index (χ1n) is 4.64. The third-order valence-corrected chi connectivity index (χ3v) is 3.08. The minimum absolute atomic E-state index is 0.110. The fourth-order valence-electron chi connectivity index (χ4n) is 1.46. The number of aromatic nitrogens is 2. The van der Waals surface area contributed by atoms with Crippen LogP contribution in [-0.2, 0) is 0 Å². The van der Waals surface area contributed by atoms with Crippen LogP contribution < -0.4 is 5.73 Å². The number of aliphatic hydroxyl groups excluding tert-OH is 1. The van der Waals surface area contributed by atoms with Crippen molar-refractivity contribution in [1.82, 2.24) is 9.38 Å². The Labute approximate surface area is 95.9 Å². The molecule has 15 heavy (non-hydrogen) atoms. The van der Waals surface area contributed by atoms with E-state index in [0.29, 0.717) is 5.69 Å².